The molecule has 0 bridgehead atoms. The fourth-order valence-electron chi connectivity index (χ4n) is 5.16. The minimum absolute atomic E-state index is 0.270. The van der Waals surface area contributed by atoms with Crippen molar-refractivity contribution in [1.82, 2.24) is 4.90 Å². The third kappa shape index (κ3) is 2.92. The van der Waals surface area contributed by atoms with Crippen LogP contribution in [0.4, 0.5) is 0 Å². The number of nitrogens with two attached hydrogens (primary N) is 1. The Labute approximate surface area is 126 Å². The third-order valence-corrected chi connectivity index (χ3v) is 6.53. The van der Waals surface area contributed by atoms with Crippen molar-refractivity contribution >= 4 is 0 Å². The summed E-state index contributed by atoms with van der Waals surface area (Å²) < 4.78 is 0. The van der Waals surface area contributed by atoms with E-state index >= 15 is 0 Å². The predicted octanol–water partition coefficient (Wildman–Crippen LogP) is 4.18. The lowest BCUT2D eigenvalue weighted by Crippen LogP contribution is -2.62. The van der Waals surface area contributed by atoms with Gasteiger partial charge in [-0.05, 0) is 57.0 Å². The SMILES string of the molecule is CCC1CCCCC1C(N)C(CC)(CC)N1CCCC1. The van der Waals surface area contributed by atoms with E-state index in [9.17, 15) is 0 Å². The van der Waals surface area contributed by atoms with Gasteiger partial charge in [-0.15, -0.1) is 0 Å². The van der Waals surface area contributed by atoms with E-state index in [-0.39, 0.29) is 5.54 Å². The van der Waals surface area contributed by atoms with Crippen molar-refractivity contribution in [3.63, 3.8) is 0 Å². The van der Waals surface area contributed by atoms with E-state index in [1.165, 1.54) is 70.9 Å². The first-order valence-corrected chi connectivity index (χ1v) is 9.20. The lowest BCUT2D eigenvalue weighted by molar-refractivity contribution is 0.0280. The highest BCUT2D eigenvalue weighted by atomic mass is 15.2. The zero-order valence-corrected chi connectivity index (χ0v) is 14.0. The monoisotopic (exact) mass is 280 g/mol. The van der Waals surface area contributed by atoms with E-state index in [0.29, 0.717) is 6.04 Å². The number of nitrogens with zero attached hydrogens (tertiary/aromatic N) is 1. The van der Waals surface area contributed by atoms with Gasteiger partial charge < -0.3 is 5.73 Å². The lowest BCUT2D eigenvalue weighted by Gasteiger charge is -2.50. The van der Waals surface area contributed by atoms with Gasteiger partial charge in [0.25, 0.3) is 0 Å². The molecule has 1 heterocycles. The van der Waals surface area contributed by atoms with Crippen LogP contribution in [0, 0.1) is 11.8 Å². The molecule has 2 aliphatic rings. The molecular weight excluding hydrogens is 244 g/mol. The zero-order chi connectivity index (χ0) is 14.6. The summed E-state index contributed by atoms with van der Waals surface area (Å²) in [6, 6.07) is 0.376. The van der Waals surface area contributed by atoms with Gasteiger partial charge in [-0.3, -0.25) is 4.90 Å². The van der Waals surface area contributed by atoms with E-state index in [2.05, 4.69) is 25.7 Å². The van der Waals surface area contributed by atoms with Gasteiger partial charge in [-0.25, -0.2) is 0 Å². The molecule has 2 fully saturated rings. The van der Waals surface area contributed by atoms with Crippen LogP contribution in [0.15, 0.2) is 0 Å². The Balaban J connectivity index is 2.18. The first kappa shape index (κ1) is 16.3. The molecule has 2 nitrogen and oxygen atoms in total. The molecule has 1 aliphatic heterocycles. The van der Waals surface area contributed by atoms with Crippen LogP contribution < -0.4 is 5.73 Å². The summed E-state index contributed by atoms with van der Waals surface area (Å²) >= 11 is 0. The van der Waals surface area contributed by atoms with Gasteiger partial charge >= 0.3 is 0 Å². The first-order chi connectivity index (χ1) is 9.69. The van der Waals surface area contributed by atoms with Crippen molar-refractivity contribution in [3.05, 3.63) is 0 Å². The van der Waals surface area contributed by atoms with Crippen molar-refractivity contribution in [1.29, 1.82) is 0 Å². The minimum atomic E-state index is 0.270. The molecule has 0 aromatic heterocycles. The summed E-state index contributed by atoms with van der Waals surface area (Å²) in [6.45, 7) is 9.65. The minimum Gasteiger partial charge on any atom is -0.326 e. The van der Waals surface area contributed by atoms with E-state index < -0.39 is 0 Å². The molecule has 0 radical (unpaired) electrons. The molecule has 2 rings (SSSR count). The van der Waals surface area contributed by atoms with Crippen molar-refractivity contribution in [2.24, 2.45) is 17.6 Å². The molecule has 0 aromatic carbocycles. The molecule has 3 atom stereocenters. The first-order valence-electron chi connectivity index (χ1n) is 9.20. The molecule has 118 valence electrons. The highest BCUT2D eigenvalue weighted by molar-refractivity contribution is 5.03. The standard InChI is InChI=1S/C18H36N2/c1-4-15-11-7-8-12-16(15)17(19)18(5-2,6-3)20-13-9-10-14-20/h15-17H,4-14,19H2,1-3H3. The largest absolute Gasteiger partial charge is 0.326 e. The summed E-state index contributed by atoms with van der Waals surface area (Å²) in [4.78, 5) is 2.75. The van der Waals surface area contributed by atoms with Crippen LogP contribution in [0.2, 0.25) is 0 Å². The van der Waals surface area contributed by atoms with Crippen molar-refractivity contribution < 1.29 is 0 Å². The summed E-state index contributed by atoms with van der Waals surface area (Å²) in [5.74, 6) is 1.63. The van der Waals surface area contributed by atoms with Crippen LogP contribution in [0.25, 0.3) is 0 Å². The van der Waals surface area contributed by atoms with Crippen LogP contribution in [0.5, 0.6) is 0 Å². The molecule has 0 amide bonds. The second kappa shape index (κ2) is 7.26. The van der Waals surface area contributed by atoms with Crippen molar-refractivity contribution in [2.45, 2.75) is 90.1 Å². The average molecular weight is 280 g/mol. The zero-order valence-electron chi connectivity index (χ0n) is 14.0. The summed E-state index contributed by atoms with van der Waals surface area (Å²) in [7, 11) is 0. The molecule has 0 aromatic rings. The number of hydrogen-bond donors (Lipinski definition) is 1. The van der Waals surface area contributed by atoms with Gasteiger partial charge in [0.2, 0.25) is 0 Å². The van der Waals surface area contributed by atoms with E-state index in [1.807, 2.05) is 0 Å². The van der Waals surface area contributed by atoms with E-state index in [1.54, 1.807) is 0 Å². The topological polar surface area (TPSA) is 29.3 Å². The summed E-state index contributed by atoms with van der Waals surface area (Å²) in [6.07, 6.45) is 12.1. The highest BCUT2D eigenvalue weighted by Gasteiger charge is 2.45. The Kier molecular flexibility index (Phi) is 5.92. The van der Waals surface area contributed by atoms with Crippen LogP contribution in [-0.4, -0.2) is 29.6 Å². The molecule has 1 saturated carbocycles. The number of rotatable bonds is 6. The second-order valence-electron chi connectivity index (χ2n) is 7.15. The number of hydrogen-bond acceptors (Lipinski definition) is 2. The van der Waals surface area contributed by atoms with Gasteiger partial charge in [-0.2, -0.15) is 0 Å². The summed E-state index contributed by atoms with van der Waals surface area (Å²) in [5.41, 5.74) is 7.22. The Morgan fingerprint density at radius 1 is 1.00 bits per heavy atom. The van der Waals surface area contributed by atoms with Crippen molar-refractivity contribution in [3.8, 4) is 0 Å². The summed E-state index contributed by atoms with van der Waals surface area (Å²) in [5, 5.41) is 0. The Morgan fingerprint density at radius 2 is 1.60 bits per heavy atom. The van der Waals surface area contributed by atoms with Gasteiger partial charge in [-0.1, -0.05) is 46.5 Å². The molecule has 3 unspecified atom stereocenters. The fraction of sp³-hybridized carbons (Fsp3) is 1.00. The Morgan fingerprint density at radius 3 is 2.15 bits per heavy atom. The number of likely N-dealkylation sites (tertiary alicyclic amines) is 1. The Hall–Kier alpha value is -0.0800. The third-order valence-electron chi connectivity index (χ3n) is 6.53. The predicted molar refractivity (Wildman–Crippen MR) is 87.8 cm³/mol. The highest BCUT2D eigenvalue weighted by Crippen LogP contribution is 2.41. The van der Waals surface area contributed by atoms with E-state index in [4.69, 9.17) is 5.73 Å². The molecule has 2 N–H and O–H groups in total. The molecule has 1 saturated heterocycles. The molecule has 20 heavy (non-hydrogen) atoms. The van der Waals surface area contributed by atoms with Crippen LogP contribution in [0.1, 0.15) is 78.6 Å². The quantitative estimate of drug-likeness (QED) is 0.790. The average Bonchev–Trinajstić information content (AvgIpc) is 3.03. The van der Waals surface area contributed by atoms with Crippen LogP contribution in [0.3, 0.4) is 0 Å². The molecule has 1 aliphatic carbocycles. The maximum Gasteiger partial charge on any atom is 0.0357 e. The molecule has 0 spiro atoms. The van der Waals surface area contributed by atoms with Crippen LogP contribution in [-0.2, 0) is 0 Å². The second-order valence-corrected chi connectivity index (χ2v) is 7.15. The fourth-order valence-corrected chi connectivity index (χ4v) is 5.16. The van der Waals surface area contributed by atoms with Crippen LogP contribution >= 0.6 is 0 Å². The molecule has 2 heteroatoms. The van der Waals surface area contributed by atoms with Gasteiger partial charge in [0.1, 0.15) is 0 Å². The Bertz CT molecular complexity index is 279. The smallest absolute Gasteiger partial charge is 0.0357 e. The molecular formula is C18H36N2. The van der Waals surface area contributed by atoms with Gasteiger partial charge in [0.15, 0.2) is 0 Å². The van der Waals surface area contributed by atoms with Gasteiger partial charge in [0.05, 0.1) is 0 Å². The van der Waals surface area contributed by atoms with E-state index in [0.717, 1.165) is 11.8 Å². The maximum absolute atomic E-state index is 6.95. The van der Waals surface area contributed by atoms with Crippen molar-refractivity contribution in [2.75, 3.05) is 13.1 Å². The maximum atomic E-state index is 6.95. The van der Waals surface area contributed by atoms with Gasteiger partial charge in [0, 0.05) is 11.6 Å². The normalized spacial score (nSPS) is 30.6. The lowest BCUT2D eigenvalue weighted by atomic mass is 9.67.